The van der Waals surface area contributed by atoms with Crippen LogP contribution in [0.15, 0.2) is 22.8 Å². The molecule has 0 amide bonds. The van der Waals surface area contributed by atoms with Crippen molar-refractivity contribution in [3.8, 4) is 11.3 Å². The Hall–Kier alpha value is -2.09. The summed E-state index contributed by atoms with van der Waals surface area (Å²) >= 11 is 3.30. The SMILES string of the molecule is CC(C)(C)n1nc(-c2ccc([N+](=O)[O-])cc2F)c(C=O)c1Br. The van der Waals surface area contributed by atoms with E-state index in [4.69, 9.17) is 0 Å². The lowest BCUT2D eigenvalue weighted by molar-refractivity contribution is -0.385. The number of rotatable bonds is 3. The molecule has 0 atom stereocenters. The molecular formula is C14H13BrFN3O3. The molecule has 116 valence electrons. The lowest BCUT2D eigenvalue weighted by Crippen LogP contribution is -2.23. The van der Waals surface area contributed by atoms with Crippen LogP contribution in [0.25, 0.3) is 11.3 Å². The maximum Gasteiger partial charge on any atom is 0.272 e. The maximum absolute atomic E-state index is 14.2. The van der Waals surface area contributed by atoms with E-state index in [1.807, 2.05) is 20.8 Å². The summed E-state index contributed by atoms with van der Waals surface area (Å²) in [5.41, 5.74) is -0.405. The first kappa shape index (κ1) is 16.3. The quantitative estimate of drug-likeness (QED) is 0.466. The van der Waals surface area contributed by atoms with Crippen LogP contribution in [0, 0.1) is 15.9 Å². The van der Waals surface area contributed by atoms with E-state index in [9.17, 15) is 19.3 Å². The largest absolute Gasteiger partial charge is 0.298 e. The van der Waals surface area contributed by atoms with Crippen molar-refractivity contribution in [1.82, 2.24) is 9.78 Å². The molecule has 0 spiro atoms. The van der Waals surface area contributed by atoms with E-state index in [1.165, 1.54) is 12.1 Å². The Bertz CT molecular complexity index is 765. The van der Waals surface area contributed by atoms with Gasteiger partial charge in [0.25, 0.3) is 5.69 Å². The van der Waals surface area contributed by atoms with Crippen LogP contribution >= 0.6 is 15.9 Å². The molecule has 2 rings (SSSR count). The summed E-state index contributed by atoms with van der Waals surface area (Å²) in [6, 6.07) is 3.24. The smallest absolute Gasteiger partial charge is 0.272 e. The third-order valence-corrected chi connectivity index (χ3v) is 3.80. The van der Waals surface area contributed by atoms with Gasteiger partial charge in [-0.2, -0.15) is 5.10 Å². The van der Waals surface area contributed by atoms with Gasteiger partial charge < -0.3 is 0 Å². The second-order valence-corrected chi connectivity index (χ2v) is 6.43. The summed E-state index contributed by atoms with van der Waals surface area (Å²) < 4.78 is 16.2. The number of benzene rings is 1. The number of nitro benzene ring substituents is 1. The average molecular weight is 370 g/mol. The number of hydrogen-bond acceptors (Lipinski definition) is 4. The van der Waals surface area contributed by atoms with Gasteiger partial charge in [0.15, 0.2) is 6.29 Å². The van der Waals surface area contributed by atoms with Gasteiger partial charge in [-0.15, -0.1) is 0 Å². The molecule has 1 aromatic heterocycles. The molecule has 0 aliphatic heterocycles. The first-order valence-electron chi connectivity index (χ1n) is 6.35. The molecule has 1 aromatic carbocycles. The Balaban J connectivity index is 2.68. The molecule has 0 saturated heterocycles. The van der Waals surface area contributed by atoms with Gasteiger partial charge >= 0.3 is 0 Å². The number of hydrogen-bond donors (Lipinski definition) is 0. The average Bonchev–Trinajstić information content (AvgIpc) is 2.75. The highest BCUT2D eigenvalue weighted by Gasteiger charge is 2.26. The van der Waals surface area contributed by atoms with Gasteiger partial charge in [-0.25, -0.2) is 4.39 Å². The fourth-order valence-electron chi connectivity index (χ4n) is 1.97. The minimum absolute atomic E-state index is 0.0383. The third-order valence-electron chi connectivity index (χ3n) is 3.04. The standard InChI is InChI=1S/C14H13BrFN3O3/c1-14(2,3)18-13(15)10(7-20)12(17-18)9-5-4-8(19(21)22)6-11(9)16/h4-7H,1-3H3. The second kappa shape index (κ2) is 5.60. The van der Waals surface area contributed by atoms with Gasteiger partial charge in [-0.3, -0.25) is 19.6 Å². The molecule has 0 N–H and O–H groups in total. The molecule has 22 heavy (non-hydrogen) atoms. The molecular weight excluding hydrogens is 357 g/mol. The van der Waals surface area contributed by atoms with E-state index in [0.717, 1.165) is 6.07 Å². The summed E-state index contributed by atoms with van der Waals surface area (Å²) in [5.74, 6) is -0.802. The van der Waals surface area contributed by atoms with Crippen molar-refractivity contribution in [3.63, 3.8) is 0 Å². The zero-order chi connectivity index (χ0) is 16.7. The summed E-state index contributed by atoms with van der Waals surface area (Å²) in [6.07, 6.45) is 0.579. The molecule has 0 radical (unpaired) electrons. The summed E-state index contributed by atoms with van der Waals surface area (Å²) in [7, 11) is 0. The summed E-state index contributed by atoms with van der Waals surface area (Å²) in [5, 5.41) is 15.0. The Morgan fingerprint density at radius 1 is 1.41 bits per heavy atom. The van der Waals surface area contributed by atoms with Crippen LogP contribution in [0.3, 0.4) is 0 Å². The van der Waals surface area contributed by atoms with Gasteiger partial charge in [-0.1, -0.05) is 0 Å². The van der Waals surface area contributed by atoms with Crippen LogP contribution in [-0.4, -0.2) is 21.0 Å². The molecule has 0 aliphatic rings. The van der Waals surface area contributed by atoms with Crippen molar-refractivity contribution in [2.45, 2.75) is 26.3 Å². The van der Waals surface area contributed by atoms with Crippen molar-refractivity contribution in [3.05, 3.63) is 44.3 Å². The van der Waals surface area contributed by atoms with Crippen LogP contribution in [0.1, 0.15) is 31.1 Å². The Kier molecular flexibility index (Phi) is 4.15. The number of nitrogens with zero attached hydrogens (tertiary/aromatic N) is 3. The van der Waals surface area contributed by atoms with Crippen molar-refractivity contribution in [2.75, 3.05) is 0 Å². The molecule has 2 aromatic rings. The maximum atomic E-state index is 14.2. The fraction of sp³-hybridized carbons (Fsp3) is 0.286. The minimum Gasteiger partial charge on any atom is -0.298 e. The molecule has 0 aliphatic carbocycles. The van der Waals surface area contributed by atoms with Gasteiger partial charge in [0.2, 0.25) is 0 Å². The van der Waals surface area contributed by atoms with Crippen molar-refractivity contribution < 1.29 is 14.1 Å². The van der Waals surface area contributed by atoms with E-state index < -0.39 is 16.3 Å². The lowest BCUT2D eigenvalue weighted by Gasteiger charge is -2.20. The zero-order valence-electron chi connectivity index (χ0n) is 12.1. The van der Waals surface area contributed by atoms with Crippen LogP contribution in [0.4, 0.5) is 10.1 Å². The van der Waals surface area contributed by atoms with Gasteiger partial charge in [0, 0.05) is 11.6 Å². The Labute approximate surface area is 134 Å². The molecule has 8 heteroatoms. The molecule has 0 unspecified atom stereocenters. The molecule has 0 bridgehead atoms. The van der Waals surface area contributed by atoms with Crippen LogP contribution in [-0.2, 0) is 5.54 Å². The van der Waals surface area contributed by atoms with Gasteiger partial charge in [0.1, 0.15) is 16.1 Å². The second-order valence-electron chi connectivity index (χ2n) is 5.67. The first-order chi connectivity index (χ1) is 10.2. The zero-order valence-corrected chi connectivity index (χ0v) is 13.7. The number of carbonyl (C=O) groups excluding carboxylic acids is 1. The monoisotopic (exact) mass is 369 g/mol. The van der Waals surface area contributed by atoms with E-state index in [1.54, 1.807) is 4.68 Å². The highest BCUT2D eigenvalue weighted by Crippen LogP contribution is 2.33. The van der Waals surface area contributed by atoms with Crippen LogP contribution in [0.5, 0.6) is 0 Å². The Morgan fingerprint density at radius 2 is 2.05 bits per heavy atom. The van der Waals surface area contributed by atoms with E-state index in [2.05, 4.69) is 21.0 Å². The first-order valence-corrected chi connectivity index (χ1v) is 7.14. The van der Waals surface area contributed by atoms with E-state index in [-0.39, 0.29) is 22.5 Å². The van der Waals surface area contributed by atoms with Gasteiger partial charge in [-0.05, 0) is 42.8 Å². The topological polar surface area (TPSA) is 78.0 Å². The molecule has 1 heterocycles. The highest BCUT2D eigenvalue weighted by molar-refractivity contribution is 9.10. The number of nitro groups is 1. The third kappa shape index (κ3) is 2.78. The molecule has 0 fully saturated rings. The van der Waals surface area contributed by atoms with Crippen molar-refractivity contribution in [1.29, 1.82) is 0 Å². The Morgan fingerprint density at radius 3 is 2.50 bits per heavy atom. The predicted octanol–water partition coefficient (Wildman–Crippen LogP) is 3.93. The molecule has 6 nitrogen and oxygen atoms in total. The van der Waals surface area contributed by atoms with E-state index >= 15 is 0 Å². The minimum atomic E-state index is -0.802. The molecule has 0 saturated carbocycles. The van der Waals surface area contributed by atoms with Crippen LogP contribution in [0.2, 0.25) is 0 Å². The normalized spacial score (nSPS) is 11.5. The van der Waals surface area contributed by atoms with Crippen molar-refractivity contribution in [2.24, 2.45) is 0 Å². The number of aldehydes is 1. The van der Waals surface area contributed by atoms with Crippen molar-refractivity contribution >= 4 is 27.9 Å². The lowest BCUT2D eigenvalue weighted by atomic mass is 10.1. The number of carbonyl (C=O) groups is 1. The summed E-state index contributed by atoms with van der Waals surface area (Å²) in [6.45, 7) is 5.65. The fourth-order valence-corrected chi connectivity index (χ4v) is 2.86. The summed E-state index contributed by atoms with van der Waals surface area (Å²) in [4.78, 5) is 21.3. The highest BCUT2D eigenvalue weighted by atomic mass is 79.9. The number of halogens is 2. The van der Waals surface area contributed by atoms with Crippen LogP contribution < -0.4 is 0 Å². The van der Waals surface area contributed by atoms with Gasteiger partial charge in [0.05, 0.1) is 22.1 Å². The predicted molar refractivity (Wildman–Crippen MR) is 82.4 cm³/mol. The number of non-ortho nitro benzene ring substituents is 1. The number of aromatic nitrogens is 2. The van der Waals surface area contributed by atoms with E-state index in [0.29, 0.717) is 10.9 Å².